The van der Waals surface area contributed by atoms with Crippen molar-refractivity contribution in [1.29, 1.82) is 0 Å². The van der Waals surface area contributed by atoms with Crippen molar-refractivity contribution in [3.8, 4) is 5.75 Å². The summed E-state index contributed by atoms with van der Waals surface area (Å²) < 4.78 is 7.69. The molecule has 0 atom stereocenters. The number of carbonyl (C=O) groups is 1. The summed E-state index contributed by atoms with van der Waals surface area (Å²) in [6.07, 6.45) is 0.821. The molecule has 0 saturated heterocycles. The van der Waals surface area contributed by atoms with Crippen molar-refractivity contribution in [3.63, 3.8) is 0 Å². The van der Waals surface area contributed by atoms with E-state index in [4.69, 9.17) is 4.74 Å². The minimum absolute atomic E-state index is 0.0122. The maximum absolute atomic E-state index is 12.1. The molecule has 3 rings (SSSR count). The standard InChI is InChI=1S/C22H26N4O2S/c1-16-9-10-19(13-17(16)2)28-14-20-24-25-22(26(20)3)29-15-21(27)23-12-11-18-7-5-4-6-8-18/h4-10,13H,11-12,14-15H2,1-3H3,(H,23,27). The number of aryl methyl sites for hydroxylation is 2. The molecule has 1 amide bonds. The molecule has 1 N–H and O–H groups in total. The number of amides is 1. The fourth-order valence-electron chi connectivity index (χ4n) is 2.72. The Morgan fingerprint density at radius 1 is 1.10 bits per heavy atom. The molecule has 2 aromatic carbocycles. The zero-order valence-corrected chi connectivity index (χ0v) is 17.8. The van der Waals surface area contributed by atoms with Gasteiger partial charge in [0, 0.05) is 13.6 Å². The van der Waals surface area contributed by atoms with E-state index in [1.165, 1.54) is 28.5 Å². The van der Waals surface area contributed by atoms with E-state index in [1.54, 1.807) is 0 Å². The molecule has 0 fully saturated rings. The van der Waals surface area contributed by atoms with Crippen LogP contribution in [-0.2, 0) is 24.9 Å². The summed E-state index contributed by atoms with van der Waals surface area (Å²) in [6, 6.07) is 16.1. The molecule has 3 aromatic rings. The molecule has 0 bridgehead atoms. The Morgan fingerprint density at radius 2 is 1.90 bits per heavy atom. The van der Waals surface area contributed by atoms with Crippen molar-refractivity contribution in [1.82, 2.24) is 20.1 Å². The van der Waals surface area contributed by atoms with Crippen molar-refractivity contribution < 1.29 is 9.53 Å². The van der Waals surface area contributed by atoms with Gasteiger partial charge in [0.15, 0.2) is 11.0 Å². The maximum atomic E-state index is 12.1. The van der Waals surface area contributed by atoms with Gasteiger partial charge in [-0.1, -0.05) is 48.2 Å². The van der Waals surface area contributed by atoms with Crippen LogP contribution in [0.25, 0.3) is 0 Å². The molecule has 0 spiro atoms. The number of carbonyl (C=O) groups excluding carboxylic acids is 1. The van der Waals surface area contributed by atoms with Gasteiger partial charge in [0.25, 0.3) is 0 Å². The summed E-state index contributed by atoms with van der Waals surface area (Å²) in [5.74, 6) is 1.82. The van der Waals surface area contributed by atoms with Gasteiger partial charge in [-0.3, -0.25) is 4.79 Å². The smallest absolute Gasteiger partial charge is 0.230 e. The lowest BCUT2D eigenvalue weighted by Crippen LogP contribution is -2.27. The van der Waals surface area contributed by atoms with Gasteiger partial charge >= 0.3 is 0 Å². The first-order valence-electron chi connectivity index (χ1n) is 9.54. The topological polar surface area (TPSA) is 69.0 Å². The Hall–Kier alpha value is -2.80. The highest BCUT2D eigenvalue weighted by Gasteiger charge is 2.12. The van der Waals surface area contributed by atoms with Crippen LogP contribution >= 0.6 is 11.8 Å². The van der Waals surface area contributed by atoms with Gasteiger partial charge in [-0.15, -0.1) is 10.2 Å². The van der Waals surface area contributed by atoms with E-state index in [0.717, 1.165) is 18.0 Å². The van der Waals surface area contributed by atoms with Crippen molar-refractivity contribution in [2.45, 2.75) is 32.0 Å². The second-order valence-electron chi connectivity index (χ2n) is 6.87. The summed E-state index contributed by atoms with van der Waals surface area (Å²) >= 11 is 1.37. The predicted octanol–water partition coefficient (Wildman–Crippen LogP) is 3.46. The number of hydrogen-bond acceptors (Lipinski definition) is 5. The van der Waals surface area contributed by atoms with Crippen molar-refractivity contribution >= 4 is 17.7 Å². The quantitative estimate of drug-likeness (QED) is 0.547. The second kappa shape index (κ2) is 10.1. The molecule has 0 aliphatic heterocycles. The number of rotatable bonds is 9. The lowest BCUT2D eigenvalue weighted by atomic mass is 10.1. The summed E-state index contributed by atoms with van der Waals surface area (Å²) in [7, 11) is 1.88. The average molecular weight is 411 g/mol. The largest absolute Gasteiger partial charge is 0.486 e. The van der Waals surface area contributed by atoms with Crippen LogP contribution in [0.5, 0.6) is 5.75 Å². The van der Waals surface area contributed by atoms with Gasteiger partial charge < -0.3 is 14.6 Å². The Bertz CT molecular complexity index is 957. The highest BCUT2D eigenvalue weighted by Crippen LogP contribution is 2.19. The lowest BCUT2D eigenvalue weighted by Gasteiger charge is -2.08. The Morgan fingerprint density at radius 3 is 2.66 bits per heavy atom. The molecule has 6 nitrogen and oxygen atoms in total. The number of aromatic nitrogens is 3. The van der Waals surface area contributed by atoms with Crippen LogP contribution in [0.1, 0.15) is 22.5 Å². The van der Waals surface area contributed by atoms with E-state index in [-0.39, 0.29) is 5.91 Å². The first-order valence-corrected chi connectivity index (χ1v) is 10.5. The van der Waals surface area contributed by atoms with Crippen LogP contribution in [0.15, 0.2) is 53.7 Å². The monoisotopic (exact) mass is 410 g/mol. The number of thioether (sulfide) groups is 1. The summed E-state index contributed by atoms with van der Waals surface area (Å²) in [5, 5.41) is 12.0. The Labute approximate surface area is 175 Å². The van der Waals surface area contributed by atoms with Crippen molar-refractivity contribution in [3.05, 3.63) is 71.0 Å². The first kappa shape index (κ1) is 20.9. The van der Waals surface area contributed by atoms with Crippen LogP contribution in [0.3, 0.4) is 0 Å². The average Bonchev–Trinajstić information content (AvgIpc) is 3.07. The third-order valence-corrected chi connectivity index (χ3v) is 5.70. The predicted molar refractivity (Wildman–Crippen MR) is 115 cm³/mol. The lowest BCUT2D eigenvalue weighted by molar-refractivity contribution is -0.118. The molecule has 0 unspecified atom stereocenters. The van der Waals surface area contributed by atoms with E-state index in [9.17, 15) is 4.79 Å². The number of hydrogen-bond donors (Lipinski definition) is 1. The highest BCUT2D eigenvalue weighted by molar-refractivity contribution is 7.99. The first-order chi connectivity index (χ1) is 14.0. The molecule has 0 aliphatic rings. The molecule has 7 heteroatoms. The van der Waals surface area contributed by atoms with Crippen LogP contribution < -0.4 is 10.1 Å². The maximum Gasteiger partial charge on any atom is 0.230 e. The van der Waals surface area contributed by atoms with E-state index < -0.39 is 0 Å². The van der Waals surface area contributed by atoms with Crippen LogP contribution in [0.4, 0.5) is 0 Å². The number of nitrogens with one attached hydrogen (secondary N) is 1. The fraction of sp³-hybridized carbons (Fsp3) is 0.318. The molecule has 1 aromatic heterocycles. The van der Waals surface area contributed by atoms with E-state index in [2.05, 4.69) is 41.5 Å². The highest BCUT2D eigenvalue weighted by atomic mass is 32.2. The Balaban J connectivity index is 1.44. The molecule has 29 heavy (non-hydrogen) atoms. The minimum Gasteiger partial charge on any atom is -0.486 e. The number of benzene rings is 2. The number of ether oxygens (including phenoxy) is 1. The van der Waals surface area contributed by atoms with Crippen LogP contribution in [0, 0.1) is 13.8 Å². The Kier molecular flexibility index (Phi) is 7.30. The van der Waals surface area contributed by atoms with Gasteiger partial charge in [-0.05, 0) is 49.1 Å². The normalized spacial score (nSPS) is 10.7. The number of nitrogens with zero attached hydrogens (tertiary/aromatic N) is 3. The second-order valence-corrected chi connectivity index (χ2v) is 7.81. The van der Waals surface area contributed by atoms with E-state index in [1.807, 2.05) is 48.0 Å². The van der Waals surface area contributed by atoms with Crippen LogP contribution in [0.2, 0.25) is 0 Å². The molecule has 0 saturated carbocycles. The van der Waals surface area contributed by atoms with Crippen LogP contribution in [-0.4, -0.2) is 33.0 Å². The van der Waals surface area contributed by atoms with E-state index >= 15 is 0 Å². The molecule has 1 heterocycles. The molecule has 152 valence electrons. The van der Waals surface area contributed by atoms with Crippen molar-refractivity contribution in [2.75, 3.05) is 12.3 Å². The van der Waals surface area contributed by atoms with Gasteiger partial charge in [0.1, 0.15) is 12.4 Å². The van der Waals surface area contributed by atoms with Gasteiger partial charge in [0.05, 0.1) is 5.75 Å². The third-order valence-electron chi connectivity index (χ3n) is 4.68. The van der Waals surface area contributed by atoms with Gasteiger partial charge in [0.2, 0.25) is 5.91 Å². The zero-order chi connectivity index (χ0) is 20.6. The molecule has 0 radical (unpaired) electrons. The van der Waals surface area contributed by atoms with Gasteiger partial charge in [-0.2, -0.15) is 0 Å². The summed E-state index contributed by atoms with van der Waals surface area (Å²) in [4.78, 5) is 12.1. The summed E-state index contributed by atoms with van der Waals surface area (Å²) in [6.45, 7) is 5.08. The zero-order valence-electron chi connectivity index (χ0n) is 17.0. The molecular weight excluding hydrogens is 384 g/mol. The van der Waals surface area contributed by atoms with Gasteiger partial charge in [-0.25, -0.2) is 0 Å². The molecular formula is C22H26N4O2S. The minimum atomic E-state index is -0.0122. The fourth-order valence-corrected chi connectivity index (χ4v) is 3.48. The molecule has 0 aliphatic carbocycles. The third kappa shape index (κ3) is 6.09. The van der Waals surface area contributed by atoms with E-state index in [0.29, 0.717) is 24.1 Å². The summed E-state index contributed by atoms with van der Waals surface area (Å²) in [5.41, 5.74) is 3.63. The SMILES string of the molecule is Cc1ccc(OCc2nnc(SCC(=O)NCCc3ccccc3)n2C)cc1C. The van der Waals surface area contributed by atoms with Crippen molar-refractivity contribution in [2.24, 2.45) is 7.05 Å².